The molecular weight excluding hydrogens is 436 g/mol. The summed E-state index contributed by atoms with van der Waals surface area (Å²) in [4.78, 5) is 25.6. The fourth-order valence-corrected chi connectivity index (χ4v) is 3.81. The fraction of sp³-hybridized carbons (Fsp3) is 0.273. The number of benzene rings is 2. The molecule has 3 rings (SSSR count). The number of hydrogen-bond acceptors (Lipinski definition) is 6. The van der Waals surface area contributed by atoms with Crippen molar-refractivity contribution < 1.29 is 14.3 Å². The maximum Gasteiger partial charge on any atom is 0.251 e. The summed E-state index contributed by atoms with van der Waals surface area (Å²) < 4.78 is 5.16. The minimum Gasteiger partial charge on any atom is -0.497 e. The second-order valence-corrected chi connectivity index (χ2v) is 8.39. The highest BCUT2D eigenvalue weighted by Gasteiger charge is 2.27. The van der Waals surface area contributed by atoms with Crippen molar-refractivity contribution in [2.24, 2.45) is 5.92 Å². The van der Waals surface area contributed by atoms with E-state index in [4.69, 9.17) is 16.3 Å². The molecule has 0 fully saturated rings. The highest BCUT2D eigenvalue weighted by atomic mass is 35.5. The smallest absolute Gasteiger partial charge is 0.251 e. The summed E-state index contributed by atoms with van der Waals surface area (Å²) in [5.41, 5.74) is 1.26. The van der Waals surface area contributed by atoms with Crippen LogP contribution >= 0.6 is 22.9 Å². The first-order valence-corrected chi connectivity index (χ1v) is 11.0. The molecule has 1 aromatic heterocycles. The van der Waals surface area contributed by atoms with E-state index >= 15 is 0 Å². The Hall–Kier alpha value is -2.97. The average molecular weight is 459 g/mol. The van der Waals surface area contributed by atoms with E-state index in [1.165, 1.54) is 11.3 Å². The molecule has 0 radical (unpaired) electrons. The summed E-state index contributed by atoms with van der Waals surface area (Å²) in [7, 11) is 1.60. The van der Waals surface area contributed by atoms with E-state index < -0.39 is 6.04 Å². The van der Waals surface area contributed by atoms with Gasteiger partial charge in [0, 0.05) is 16.1 Å². The van der Waals surface area contributed by atoms with E-state index in [1.807, 2.05) is 38.1 Å². The molecule has 0 aliphatic heterocycles. The Labute approximate surface area is 189 Å². The Morgan fingerprint density at radius 1 is 1.16 bits per heavy atom. The normalized spacial score (nSPS) is 12.6. The number of anilines is 1. The molecule has 0 aliphatic rings. The van der Waals surface area contributed by atoms with Gasteiger partial charge in [-0.15, -0.1) is 10.2 Å². The monoisotopic (exact) mass is 458 g/mol. The van der Waals surface area contributed by atoms with Gasteiger partial charge in [-0.05, 0) is 48.4 Å². The SMILES string of the molecule is CCC(C)C(NC(=O)c1cccc(Cl)c1)C(=O)Nc1nnc(-c2ccc(OC)cc2)s1. The summed E-state index contributed by atoms with van der Waals surface area (Å²) in [6.07, 6.45) is 0.709. The van der Waals surface area contributed by atoms with Gasteiger partial charge < -0.3 is 10.1 Å². The van der Waals surface area contributed by atoms with Gasteiger partial charge in [0.15, 0.2) is 0 Å². The van der Waals surface area contributed by atoms with Gasteiger partial charge in [0.25, 0.3) is 5.91 Å². The molecule has 2 N–H and O–H groups in total. The molecule has 2 amide bonds. The maximum atomic E-state index is 12.9. The Kier molecular flexibility index (Phi) is 7.59. The zero-order chi connectivity index (χ0) is 22.4. The molecule has 0 saturated heterocycles. The number of hydrogen-bond donors (Lipinski definition) is 2. The Morgan fingerprint density at radius 3 is 2.55 bits per heavy atom. The van der Waals surface area contributed by atoms with E-state index in [2.05, 4.69) is 20.8 Å². The third kappa shape index (κ3) is 5.80. The summed E-state index contributed by atoms with van der Waals surface area (Å²) in [6.45, 7) is 3.87. The van der Waals surface area contributed by atoms with Crippen LogP contribution in [-0.2, 0) is 4.79 Å². The quantitative estimate of drug-likeness (QED) is 0.512. The molecule has 0 spiro atoms. The van der Waals surface area contributed by atoms with Crippen molar-refractivity contribution in [1.29, 1.82) is 0 Å². The topological polar surface area (TPSA) is 93.2 Å². The van der Waals surface area contributed by atoms with Crippen LogP contribution in [0.5, 0.6) is 5.75 Å². The minimum atomic E-state index is -0.732. The third-order valence-electron chi connectivity index (χ3n) is 4.86. The maximum absolute atomic E-state index is 12.9. The van der Waals surface area contributed by atoms with Crippen LogP contribution in [0.3, 0.4) is 0 Å². The van der Waals surface area contributed by atoms with Crippen LogP contribution in [0.4, 0.5) is 5.13 Å². The molecule has 2 unspecified atom stereocenters. The van der Waals surface area contributed by atoms with E-state index in [1.54, 1.807) is 31.4 Å². The van der Waals surface area contributed by atoms with E-state index in [-0.39, 0.29) is 17.7 Å². The summed E-state index contributed by atoms with van der Waals surface area (Å²) in [5, 5.41) is 15.3. The van der Waals surface area contributed by atoms with Gasteiger partial charge in [-0.25, -0.2) is 0 Å². The number of carbonyl (C=O) groups excluding carboxylic acids is 2. The molecule has 0 saturated carbocycles. The number of rotatable bonds is 8. The van der Waals surface area contributed by atoms with Crippen LogP contribution in [0.25, 0.3) is 10.6 Å². The lowest BCUT2D eigenvalue weighted by molar-refractivity contribution is -0.119. The average Bonchev–Trinajstić information content (AvgIpc) is 3.25. The van der Waals surface area contributed by atoms with Crippen molar-refractivity contribution in [3.05, 3.63) is 59.1 Å². The van der Waals surface area contributed by atoms with E-state index in [0.717, 1.165) is 11.3 Å². The van der Waals surface area contributed by atoms with Crippen LogP contribution in [0, 0.1) is 5.92 Å². The standard InChI is InChI=1S/C22H23ClN4O3S/c1-4-13(2)18(24-19(28)15-6-5-7-16(23)12-15)20(29)25-22-27-26-21(31-22)14-8-10-17(30-3)11-9-14/h5-13,18H,4H2,1-3H3,(H,24,28)(H,25,27,29). The van der Waals surface area contributed by atoms with Gasteiger partial charge in [0.2, 0.25) is 11.0 Å². The lowest BCUT2D eigenvalue weighted by atomic mass is 9.98. The largest absolute Gasteiger partial charge is 0.497 e. The van der Waals surface area contributed by atoms with Gasteiger partial charge in [0.1, 0.15) is 16.8 Å². The van der Waals surface area contributed by atoms with Crippen LogP contribution < -0.4 is 15.4 Å². The molecule has 9 heteroatoms. The highest BCUT2D eigenvalue weighted by molar-refractivity contribution is 7.18. The predicted molar refractivity (Wildman–Crippen MR) is 123 cm³/mol. The number of methoxy groups -OCH3 is 1. The lowest BCUT2D eigenvalue weighted by Gasteiger charge is -2.23. The highest BCUT2D eigenvalue weighted by Crippen LogP contribution is 2.28. The van der Waals surface area contributed by atoms with Crippen molar-refractivity contribution in [2.75, 3.05) is 12.4 Å². The number of amides is 2. The number of carbonyl (C=O) groups is 2. The van der Waals surface area contributed by atoms with E-state index in [9.17, 15) is 9.59 Å². The van der Waals surface area contributed by atoms with Crippen molar-refractivity contribution in [3.8, 4) is 16.3 Å². The van der Waals surface area contributed by atoms with Gasteiger partial charge >= 0.3 is 0 Å². The van der Waals surface area contributed by atoms with E-state index in [0.29, 0.717) is 27.1 Å². The lowest BCUT2D eigenvalue weighted by Crippen LogP contribution is -2.47. The molecule has 1 heterocycles. The first-order chi connectivity index (χ1) is 14.9. The number of aromatic nitrogens is 2. The molecule has 2 atom stereocenters. The molecular formula is C22H23ClN4O3S. The first kappa shape index (κ1) is 22.7. The number of ether oxygens (including phenoxy) is 1. The van der Waals surface area contributed by atoms with Crippen molar-refractivity contribution >= 4 is 39.9 Å². The molecule has 0 aliphatic carbocycles. The molecule has 162 valence electrons. The van der Waals surface area contributed by atoms with Crippen LogP contribution in [0.15, 0.2) is 48.5 Å². The summed E-state index contributed by atoms with van der Waals surface area (Å²) in [6, 6.07) is 13.3. The van der Waals surface area contributed by atoms with Gasteiger partial charge in [-0.3, -0.25) is 14.9 Å². The number of halogens is 1. The van der Waals surface area contributed by atoms with Crippen molar-refractivity contribution in [3.63, 3.8) is 0 Å². The Balaban J connectivity index is 1.72. The second-order valence-electron chi connectivity index (χ2n) is 6.98. The number of nitrogens with zero attached hydrogens (tertiary/aromatic N) is 2. The molecule has 0 bridgehead atoms. The van der Waals surface area contributed by atoms with Crippen molar-refractivity contribution in [1.82, 2.24) is 15.5 Å². The Morgan fingerprint density at radius 2 is 1.90 bits per heavy atom. The third-order valence-corrected chi connectivity index (χ3v) is 5.98. The summed E-state index contributed by atoms with van der Waals surface area (Å²) >= 11 is 7.23. The zero-order valence-electron chi connectivity index (χ0n) is 17.4. The molecule has 7 nitrogen and oxygen atoms in total. The number of nitrogens with one attached hydrogen (secondary N) is 2. The first-order valence-electron chi connectivity index (χ1n) is 9.76. The molecule has 2 aromatic carbocycles. The van der Waals surface area contributed by atoms with Crippen molar-refractivity contribution in [2.45, 2.75) is 26.3 Å². The molecule has 31 heavy (non-hydrogen) atoms. The zero-order valence-corrected chi connectivity index (χ0v) is 19.0. The van der Waals surface area contributed by atoms with Crippen LogP contribution in [0.2, 0.25) is 5.02 Å². The second kappa shape index (κ2) is 10.4. The van der Waals surface area contributed by atoms with Gasteiger partial charge in [-0.2, -0.15) is 0 Å². The summed E-state index contributed by atoms with van der Waals surface area (Å²) in [5.74, 6) is -0.0490. The van der Waals surface area contributed by atoms with Crippen LogP contribution in [-0.4, -0.2) is 35.2 Å². The van der Waals surface area contributed by atoms with Gasteiger partial charge in [-0.1, -0.05) is 49.3 Å². The molecule has 3 aromatic rings. The fourth-order valence-electron chi connectivity index (χ4n) is 2.86. The minimum absolute atomic E-state index is 0.0860. The van der Waals surface area contributed by atoms with Crippen LogP contribution in [0.1, 0.15) is 30.6 Å². The predicted octanol–water partition coefficient (Wildman–Crippen LogP) is 4.65. The van der Waals surface area contributed by atoms with Gasteiger partial charge in [0.05, 0.1) is 7.11 Å². The Bertz CT molecular complexity index is 1050.